The van der Waals surface area contributed by atoms with Gasteiger partial charge in [0.15, 0.2) is 0 Å². The summed E-state index contributed by atoms with van der Waals surface area (Å²) in [7, 11) is 1.56. The standard InChI is InChI=1S/C26H26BrN5O3/c1-15(2)25-28-10-9-19(31-25)20-12-21(16(3)13-29-20)32-17(4)11-22(24(27)26(32)33)35-14-18-7-6-8-23(30-18)34-5/h6-13,15H,14H2,1-5H3. The lowest BCUT2D eigenvalue weighted by molar-refractivity contribution is 0.295. The minimum atomic E-state index is -0.232. The number of pyridine rings is 3. The third kappa shape index (κ3) is 5.24. The first kappa shape index (κ1) is 24.5. The molecule has 0 bridgehead atoms. The molecule has 4 heterocycles. The van der Waals surface area contributed by atoms with Crippen molar-refractivity contribution in [1.29, 1.82) is 0 Å². The SMILES string of the molecule is COc1cccc(COc2cc(C)n(-c3cc(-c4ccnc(C(C)C)n4)ncc3C)c(=O)c2Br)n1. The molecule has 4 aromatic rings. The van der Waals surface area contributed by atoms with Crippen molar-refractivity contribution in [1.82, 2.24) is 24.5 Å². The average Bonchev–Trinajstić information content (AvgIpc) is 2.86. The fourth-order valence-corrected chi connectivity index (χ4v) is 3.98. The van der Waals surface area contributed by atoms with E-state index in [2.05, 4.69) is 35.9 Å². The highest BCUT2D eigenvalue weighted by atomic mass is 79.9. The smallest absolute Gasteiger partial charge is 0.273 e. The van der Waals surface area contributed by atoms with Crippen LogP contribution in [0.5, 0.6) is 11.6 Å². The Morgan fingerprint density at radius 1 is 1.06 bits per heavy atom. The zero-order chi connectivity index (χ0) is 25.1. The number of halogens is 1. The van der Waals surface area contributed by atoms with Crippen LogP contribution in [-0.4, -0.2) is 31.6 Å². The Balaban J connectivity index is 1.70. The summed E-state index contributed by atoms with van der Waals surface area (Å²) in [6.45, 7) is 8.07. The normalized spacial score (nSPS) is 11.1. The van der Waals surface area contributed by atoms with Gasteiger partial charge in [0.2, 0.25) is 5.88 Å². The zero-order valence-corrected chi connectivity index (χ0v) is 21.8. The van der Waals surface area contributed by atoms with Gasteiger partial charge in [0.1, 0.15) is 22.7 Å². The monoisotopic (exact) mass is 535 g/mol. The second-order valence-electron chi connectivity index (χ2n) is 8.38. The van der Waals surface area contributed by atoms with Crippen LogP contribution in [0.4, 0.5) is 0 Å². The van der Waals surface area contributed by atoms with E-state index < -0.39 is 0 Å². The molecule has 0 unspecified atom stereocenters. The maximum Gasteiger partial charge on any atom is 0.273 e. The van der Waals surface area contributed by atoms with Gasteiger partial charge in [-0.25, -0.2) is 15.0 Å². The highest BCUT2D eigenvalue weighted by molar-refractivity contribution is 9.10. The molecule has 0 aliphatic carbocycles. The van der Waals surface area contributed by atoms with Crippen LogP contribution in [0.15, 0.2) is 58.1 Å². The molecule has 0 amide bonds. The molecule has 4 aromatic heterocycles. The van der Waals surface area contributed by atoms with Crippen LogP contribution < -0.4 is 15.0 Å². The van der Waals surface area contributed by atoms with E-state index >= 15 is 0 Å². The second kappa shape index (κ2) is 10.4. The van der Waals surface area contributed by atoms with E-state index in [4.69, 9.17) is 9.47 Å². The summed E-state index contributed by atoms with van der Waals surface area (Å²) < 4.78 is 13.1. The Morgan fingerprint density at radius 3 is 2.60 bits per heavy atom. The predicted octanol–water partition coefficient (Wildman–Crippen LogP) is 5.17. The summed E-state index contributed by atoms with van der Waals surface area (Å²) in [5.41, 5.74) is 4.14. The maximum atomic E-state index is 13.4. The molecule has 0 atom stereocenters. The molecule has 0 radical (unpaired) electrons. The fourth-order valence-electron chi connectivity index (χ4n) is 3.58. The maximum absolute atomic E-state index is 13.4. The van der Waals surface area contributed by atoms with E-state index in [1.807, 2.05) is 58.0 Å². The Labute approximate surface area is 212 Å². The molecule has 4 rings (SSSR count). The first-order valence-corrected chi connectivity index (χ1v) is 11.9. The number of aromatic nitrogens is 5. The first-order chi connectivity index (χ1) is 16.8. The summed E-state index contributed by atoms with van der Waals surface area (Å²) in [6.07, 6.45) is 3.48. The van der Waals surface area contributed by atoms with E-state index in [0.717, 1.165) is 22.8 Å². The highest BCUT2D eigenvalue weighted by Crippen LogP contribution is 2.27. The molecule has 0 aromatic carbocycles. The highest BCUT2D eigenvalue weighted by Gasteiger charge is 2.17. The quantitative estimate of drug-likeness (QED) is 0.322. The van der Waals surface area contributed by atoms with Crippen LogP contribution >= 0.6 is 15.9 Å². The summed E-state index contributed by atoms with van der Waals surface area (Å²) >= 11 is 3.44. The van der Waals surface area contributed by atoms with E-state index in [1.165, 1.54) is 0 Å². The van der Waals surface area contributed by atoms with Gasteiger partial charge in [-0.1, -0.05) is 19.9 Å². The van der Waals surface area contributed by atoms with Crippen molar-refractivity contribution in [2.24, 2.45) is 0 Å². The van der Waals surface area contributed by atoms with Gasteiger partial charge in [-0.15, -0.1) is 0 Å². The zero-order valence-electron chi connectivity index (χ0n) is 20.2. The van der Waals surface area contributed by atoms with Gasteiger partial charge in [-0.3, -0.25) is 14.3 Å². The van der Waals surface area contributed by atoms with Gasteiger partial charge in [-0.05, 0) is 53.5 Å². The van der Waals surface area contributed by atoms with Crippen molar-refractivity contribution in [3.8, 4) is 28.7 Å². The summed E-state index contributed by atoms with van der Waals surface area (Å²) in [5, 5.41) is 0. The van der Waals surface area contributed by atoms with Gasteiger partial charge < -0.3 is 9.47 Å². The number of methoxy groups -OCH3 is 1. The van der Waals surface area contributed by atoms with Crippen molar-refractivity contribution in [2.75, 3.05) is 7.11 Å². The number of hydrogen-bond donors (Lipinski definition) is 0. The molecule has 35 heavy (non-hydrogen) atoms. The summed E-state index contributed by atoms with van der Waals surface area (Å²) in [4.78, 5) is 31.3. The van der Waals surface area contributed by atoms with Gasteiger partial charge >= 0.3 is 0 Å². The van der Waals surface area contributed by atoms with Gasteiger partial charge in [0.05, 0.1) is 29.9 Å². The Kier molecular flexibility index (Phi) is 7.25. The molecule has 0 spiro atoms. The molecular weight excluding hydrogens is 510 g/mol. The molecule has 0 N–H and O–H groups in total. The van der Waals surface area contributed by atoms with E-state index in [9.17, 15) is 4.79 Å². The van der Waals surface area contributed by atoms with Crippen LogP contribution in [0.25, 0.3) is 17.1 Å². The fraction of sp³-hybridized carbons (Fsp3) is 0.269. The van der Waals surface area contributed by atoms with Gasteiger partial charge in [0.25, 0.3) is 5.56 Å². The first-order valence-electron chi connectivity index (χ1n) is 11.1. The Hall–Kier alpha value is -3.59. The number of aryl methyl sites for hydroxylation is 2. The molecule has 180 valence electrons. The van der Waals surface area contributed by atoms with Crippen LogP contribution in [0.3, 0.4) is 0 Å². The molecular formula is C26H26BrN5O3. The van der Waals surface area contributed by atoms with Crippen LogP contribution in [0, 0.1) is 13.8 Å². The minimum absolute atomic E-state index is 0.195. The molecule has 0 aliphatic heterocycles. The van der Waals surface area contributed by atoms with E-state index in [1.54, 1.807) is 30.1 Å². The lowest BCUT2D eigenvalue weighted by Crippen LogP contribution is -2.23. The molecule has 0 aliphatic rings. The number of hydrogen-bond acceptors (Lipinski definition) is 7. The van der Waals surface area contributed by atoms with E-state index in [-0.39, 0.29) is 18.1 Å². The molecule has 0 saturated carbocycles. The van der Waals surface area contributed by atoms with Crippen LogP contribution in [-0.2, 0) is 6.61 Å². The average molecular weight is 536 g/mol. The molecule has 0 fully saturated rings. The topological polar surface area (TPSA) is 92.0 Å². The van der Waals surface area contributed by atoms with Crippen LogP contribution in [0.2, 0.25) is 0 Å². The Bertz CT molecular complexity index is 1440. The van der Waals surface area contributed by atoms with Crippen molar-refractivity contribution in [2.45, 2.75) is 40.2 Å². The molecule has 0 saturated heterocycles. The van der Waals surface area contributed by atoms with Crippen molar-refractivity contribution >= 4 is 15.9 Å². The predicted molar refractivity (Wildman–Crippen MR) is 137 cm³/mol. The number of rotatable bonds is 7. The van der Waals surface area contributed by atoms with Crippen molar-refractivity contribution < 1.29 is 9.47 Å². The van der Waals surface area contributed by atoms with Crippen molar-refractivity contribution in [3.05, 3.63) is 86.4 Å². The molecule has 8 nitrogen and oxygen atoms in total. The third-order valence-electron chi connectivity index (χ3n) is 5.43. The van der Waals surface area contributed by atoms with Crippen molar-refractivity contribution in [3.63, 3.8) is 0 Å². The lowest BCUT2D eigenvalue weighted by atomic mass is 10.1. The number of nitrogens with zero attached hydrogens (tertiary/aromatic N) is 5. The van der Waals surface area contributed by atoms with Gasteiger partial charge in [0, 0.05) is 36.1 Å². The Morgan fingerprint density at radius 2 is 1.86 bits per heavy atom. The second-order valence-corrected chi connectivity index (χ2v) is 9.17. The largest absolute Gasteiger partial charge is 0.486 e. The van der Waals surface area contributed by atoms with E-state index in [0.29, 0.717) is 33.2 Å². The van der Waals surface area contributed by atoms with Crippen LogP contribution in [0.1, 0.15) is 42.5 Å². The minimum Gasteiger partial charge on any atom is -0.486 e. The summed E-state index contributed by atoms with van der Waals surface area (Å²) in [5.74, 6) is 1.89. The lowest BCUT2D eigenvalue weighted by Gasteiger charge is -2.17. The third-order valence-corrected chi connectivity index (χ3v) is 6.16. The van der Waals surface area contributed by atoms with Gasteiger partial charge in [-0.2, -0.15) is 0 Å². The number of ether oxygens (including phenoxy) is 2. The molecule has 9 heteroatoms. The summed E-state index contributed by atoms with van der Waals surface area (Å²) in [6, 6.07) is 11.0.